The van der Waals surface area contributed by atoms with Crippen molar-refractivity contribution in [2.45, 2.75) is 45.1 Å². The molecule has 98 valence electrons. The summed E-state index contributed by atoms with van der Waals surface area (Å²) < 4.78 is 0. The summed E-state index contributed by atoms with van der Waals surface area (Å²) in [4.78, 5) is 22.3. The first-order valence-corrected chi connectivity index (χ1v) is 6.32. The van der Waals surface area contributed by atoms with Crippen LogP contribution in [0.3, 0.4) is 0 Å². The van der Waals surface area contributed by atoms with Gasteiger partial charge in [-0.05, 0) is 25.3 Å². The zero-order valence-electron chi connectivity index (χ0n) is 10.4. The summed E-state index contributed by atoms with van der Waals surface area (Å²) in [7, 11) is 0. The second-order valence-electron chi connectivity index (χ2n) is 4.80. The van der Waals surface area contributed by atoms with Gasteiger partial charge in [0.05, 0.1) is 6.04 Å². The summed E-state index contributed by atoms with van der Waals surface area (Å²) in [5.41, 5.74) is 0. The minimum Gasteiger partial charge on any atom is -0.481 e. The van der Waals surface area contributed by atoms with Crippen LogP contribution >= 0.6 is 0 Å². The van der Waals surface area contributed by atoms with Gasteiger partial charge in [-0.2, -0.15) is 0 Å². The van der Waals surface area contributed by atoms with Crippen LogP contribution < -0.4 is 10.6 Å². The molecule has 1 fully saturated rings. The van der Waals surface area contributed by atoms with Crippen molar-refractivity contribution in [3.63, 3.8) is 0 Å². The number of nitrogens with one attached hydrogen (secondary N) is 2. The van der Waals surface area contributed by atoms with Gasteiger partial charge in [0, 0.05) is 13.0 Å². The van der Waals surface area contributed by atoms with Crippen LogP contribution in [-0.4, -0.2) is 36.1 Å². The molecule has 0 aliphatic carbocycles. The Morgan fingerprint density at radius 2 is 2.18 bits per heavy atom. The fraction of sp³-hybridized carbons (Fsp3) is 0.833. The van der Waals surface area contributed by atoms with Gasteiger partial charge in [-0.3, -0.25) is 9.59 Å². The lowest BCUT2D eigenvalue weighted by Crippen LogP contribution is -2.45. The fourth-order valence-corrected chi connectivity index (χ4v) is 2.02. The molecule has 0 aromatic rings. The zero-order chi connectivity index (χ0) is 12.7. The van der Waals surface area contributed by atoms with Gasteiger partial charge in [-0.25, -0.2) is 0 Å². The molecule has 3 N–H and O–H groups in total. The number of carbonyl (C=O) groups is 2. The second-order valence-corrected chi connectivity index (χ2v) is 4.80. The number of aliphatic carboxylic acids is 1. The van der Waals surface area contributed by atoms with Crippen molar-refractivity contribution in [3.8, 4) is 0 Å². The minimum atomic E-state index is -0.820. The standard InChI is InChI=1S/C12H22N2O3/c1-9(7-11(15)16)8-14-12(17)10-5-3-2-4-6-13-10/h9-10,13H,2-8H2,1H3,(H,14,17)(H,15,16). The Bertz CT molecular complexity index is 260. The molecule has 0 bridgehead atoms. The molecule has 1 aliphatic rings. The molecule has 2 unspecified atom stereocenters. The Kier molecular flexibility index (Phi) is 5.97. The van der Waals surface area contributed by atoms with Gasteiger partial charge < -0.3 is 15.7 Å². The van der Waals surface area contributed by atoms with Gasteiger partial charge in [0.15, 0.2) is 0 Å². The van der Waals surface area contributed by atoms with E-state index in [1.165, 1.54) is 6.42 Å². The van der Waals surface area contributed by atoms with Crippen molar-refractivity contribution in [2.75, 3.05) is 13.1 Å². The lowest BCUT2D eigenvalue weighted by atomic mass is 10.1. The van der Waals surface area contributed by atoms with Gasteiger partial charge in [-0.1, -0.05) is 19.8 Å². The predicted octanol–water partition coefficient (Wildman–Crippen LogP) is 0.746. The summed E-state index contributed by atoms with van der Waals surface area (Å²) in [5, 5.41) is 14.6. The maximum absolute atomic E-state index is 11.8. The Morgan fingerprint density at radius 1 is 1.41 bits per heavy atom. The smallest absolute Gasteiger partial charge is 0.303 e. The average molecular weight is 242 g/mol. The van der Waals surface area contributed by atoms with E-state index >= 15 is 0 Å². The first-order chi connectivity index (χ1) is 8.09. The van der Waals surface area contributed by atoms with E-state index in [2.05, 4.69) is 10.6 Å². The normalized spacial score (nSPS) is 22.5. The molecule has 5 nitrogen and oxygen atoms in total. The van der Waals surface area contributed by atoms with Crippen molar-refractivity contribution in [1.82, 2.24) is 10.6 Å². The van der Waals surface area contributed by atoms with E-state index in [1.54, 1.807) is 0 Å². The van der Waals surface area contributed by atoms with Crippen LogP contribution in [0.25, 0.3) is 0 Å². The Balaban J connectivity index is 2.25. The third kappa shape index (κ3) is 5.68. The van der Waals surface area contributed by atoms with Crippen LogP contribution in [0.15, 0.2) is 0 Å². The Morgan fingerprint density at radius 3 is 2.88 bits per heavy atom. The van der Waals surface area contributed by atoms with Crippen molar-refractivity contribution in [3.05, 3.63) is 0 Å². The number of hydrogen-bond acceptors (Lipinski definition) is 3. The predicted molar refractivity (Wildman–Crippen MR) is 64.7 cm³/mol. The molecule has 0 aromatic heterocycles. The molecule has 5 heteroatoms. The Hall–Kier alpha value is -1.10. The van der Waals surface area contributed by atoms with Gasteiger partial charge in [0.25, 0.3) is 0 Å². The highest BCUT2D eigenvalue weighted by Crippen LogP contribution is 2.08. The molecule has 0 radical (unpaired) electrons. The molecule has 1 rings (SSSR count). The van der Waals surface area contributed by atoms with Crippen LogP contribution in [0, 0.1) is 5.92 Å². The third-order valence-corrected chi connectivity index (χ3v) is 3.02. The quantitative estimate of drug-likeness (QED) is 0.664. The highest BCUT2D eigenvalue weighted by molar-refractivity contribution is 5.81. The van der Waals surface area contributed by atoms with Crippen molar-refractivity contribution in [2.24, 2.45) is 5.92 Å². The largest absolute Gasteiger partial charge is 0.481 e. The SMILES string of the molecule is CC(CNC(=O)C1CCCCCN1)CC(=O)O. The van der Waals surface area contributed by atoms with E-state index in [1.807, 2.05) is 6.92 Å². The lowest BCUT2D eigenvalue weighted by Gasteiger charge is -2.17. The van der Waals surface area contributed by atoms with E-state index in [9.17, 15) is 9.59 Å². The third-order valence-electron chi connectivity index (χ3n) is 3.02. The summed E-state index contributed by atoms with van der Waals surface area (Å²) in [6.07, 6.45) is 4.35. The van der Waals surface area contributed by atoms with E-state index in [0.717, 1.165) is 25.8 Å². The highest BCUT2D eigenvalue weighted by atomic mass is 16.4. The van der Waals surface area contributed by atoms with Gasteiger partial charge in [0.2, 0.25) is 5.91 Å². The van der Waals surface area contributed by atoms with E-state index in [0.29, 0.717) is 6.54 Å². The van der Waals surface area contributed by atoms with Crippen molar-refractivity contribution in [1.29, 1.82) is 0 Å². The molecule has 0 aromatic carbocycles. The summed E-state index contributed by atoms with van der Waals surface area (Å²) in [6, 6.07) is -0.102. The number of rotatable bonds is 5. The van der Waals surface area contributed by atoms with Crippen molar-refractivity contribution >= 4 is 11.9 Å². The average Bonchev–Trinajstić information content (AvgIpc) is 2.53. The van der Waals surface area contributed by atoms with Crippen LogP contribution in [0.2, 0.25) is 0 Å². The molecule has 1 heterocycles. The number of carbonyl (C=O) groups excluding carboxylic acids is 1. The number of carboxylic acid groups (broad SMARTS) is 1. The number of hydrogen-bond donors (Lipinski definition) is 3. The Labute approximate surface area is 102 Å². The molecule has 2 atom stereocenters. The molecule has 17 heavy (non-hydrogen) atoms. The number of carboxylic acids is 1. The number of amides is 1. The van der Waals surface area contributed by atoms with Gasteiger partial charge >= 0.3 is 5.97 Å². The maximum Gasteiger partial charge on any atom is 0.303 e. The highest BCUT2D eigenvalue weighted by Gasteiger charge is 2.19. The molecule has 1 amide bonds. The fourth-order valence-electron chi connectivity index (χ4n) is 2.02. The van der Waals surface area contributed by atoms with Gasteiger partial charge in [-0.15, -0.1) is 0 Å². The molecule has 1 saturated heterocycles. The van der Waals surface area contributed by atoms with Gasteiger partial charge in [0.1, 0.15) is 0 Å². The molecule has 0 spiro atoms. The minimum absolute atomic E-state index is 0.00383. The second kappa shape index (κ2) is 7.27. The zero-order valence-corrected chi connectivity index (χ0v) is 10.4. The summed E-state index contributed by atoms with van der Waals surface area (Å²) in [6.45, 7) is 3.15. The summed E-state index contributed by atoms with van der Waals surface area (Å²) in [5.74, 6) is -0.842. The first kappa shape index (κ1) is 14.0. The molecular weight excluding hydrogens is 220 g/mol. The molecule has 1 aliphatic heterocycles. The monoisotopic (exact) mass is 242 g/mol. The lowest BCUT2D eigenvalue weighted by molar-refractivity contribution is -0.138. The van der Waals surface area contributed by atoms with Crippen LogP contribution in [-0.2, 0) is 9.59 Å². The first-order valence-electron chi connectivity index (χ1n) is 6.32. The van der Waals surface area contributed by atoms with Crippen LogP contribution in [0.4, 0.5) is 0 Å². The van der Waals surface area contributed by atoms with Crippen molar-refractivity contribution < 1.29 is 14.7 Å². The maximum atomic E-state index is 11.8. The topological polar surface area (TPSA) is 78.4 Å². The summed E-state index contributed by atoms with van der Waals surface area (Å²) >= 11 is 0. The molecule has 0 saturated carbocycles. The van der Waals surface area contributed by atoms with E-state index in [4.69, 9.17) is 5.11 Å². The molecular formula is C12H22N2O3. The van der Waals surface area contributed by atoms with Crippen LogP contribution in [0.1, 0.15) is 39.0 Å². The van der Waals surface area contributed by atoms with E-state index < -0.39 is 5.97 Å². The van der Waals surface area contributed by atoms with E-state index in [-0.39, 0.29) is 24.3 Å². The van der Waals surface area contributed by atoms with Crippen LogP contribution in [0.5, 0.6) is 0 Å².